The SMILES string of the molecule is CC(C)(N)CNC(=O)Oc1ccc([C@@H]2CCC[C@]3(C2)OOC2(O3)C3CC4CC(C3)CC2C4)cc1. The molecule has 5 saturated carbocycles. The summed E-state index contributed by atoms with van der Waals surface area (Å²) in [6.45, 7) is 4.06. The largest absolute Gasteiger partial charge is 0.412 e. The van der Waals surface area contributed by atoms with Crippen LogP contribution in [0.2, 0.25) is 0 Å². The van der Waals surface area contributed by atoms with Crippen molar-refractivity contribution < 1.29 is 24.0 Å². The minimum atomic E-state index is -0.637. The summed E-state index contributed by atoms with van der Waals surface area (Å²) in [6.07, 6.45) is 9.65. The molecule has 1 aliphatic heterocycles. The number of rotatable bonds is 4. The number of hydrogen-bond acceptors (Lipinski definition) is 6. The summed E-state index contributed by atoms with van der Waals surface area (Å²) in [6, 6.07) is 7.81. The summed E-state index contributed by atoms with van der Waals surface area (Å²) in [5.74, 6) is 2.38. The fraction of sp³-hybridized carbons (Fsp3) is 0.741. The molecule has 7 rings (SSSR count). The molecule has 0 aromatic heterocycles. The molecule has 6 aliphatic rings. The van der Waals surface area contributed by atoms with E-state index in [4.69, 9.17) is 25.0 Å². The highest BCUT2D eigenvalue weighted by molar-refractivity contribution is 5.70. The molecule has 186 valence electrons. The number of nitrogens with two attached hydrogens (primary N) is 1. The normalized spacial score (nSPS) is 40.7. The van der Waals surface area contributed by atoms with Crippen molar-refractivity contribution in [2.45, 2.75) is 94.7 Å². The van der Waals surface area contributed by atoms with Gasteiger partial charge in [-0.2, -0.15) is 9.78 Å². The van der Waals surface area contributed by atoms with Crippen LogP contribution in [0.4, 0.5) is 4.79 Å². The van der Waals surface area contributed by atoms with Crippen LogP contribution >= 0.6 is 0 Å². The summed E-state index contributed by atoms with van der Waals surface area (Å²) in [5.41, 5.74) is 6.64. The second-order valence-corrected chi connectivity index (χ2v) is 12.3. The van der Waals surface area contributed by atoms with E-state index in [-0.39, 0.29) is 0 Å². The van der Waals surface area contributed by atoms with Gasteiger partial charge in [0, 0.05) is 36.8 Å². The van der Waals surface area contributed by atoms with Gasteiger partial charge in [0.25, 0.3) is 0 Å². The van der Waals surface area contributed by atoms with Crippen molar-refractivity contribution in [3.63, 3.8) is 0 Å². The first kappa shape index (κ1) is 22.8. The number of ether oxygens (including phenoxy) is 2. The third-order valence-corrected chi connectivity index (χ3v) is 8.86. The van der Waals surface area contributed by atoms with Crippen molar-refractivity contribution in [3.8, 4) is 5.75 Å². The lowest BCUT2D eigenvalue weighted by Gasteiger charge is -2.57. The Kier molecular flexibility index (Phi) is 5.48. The van der Waals surface area contributed by atoms with E-state index in [9.17, 15) is 4.79 Å². The Labute approximate surface area is 202 Å². The first-order valence-electron chi connectivity index (χ1n) is 13.1. The van der Waals surface area contributed by atoms with Gasteiger partial charge in [0.15, 0.2) is 0 Å². The first-order valence-corrected chi connectivity index (χ1v) is 13.1. The molecule has 1 heterocycles. The van der Waals surface area contributed by atoms with Crippen molar-refractivity contribution in [2.24, 2.45) is 29.4 Å². The highest BCUT2D eigenvalue weighted by Crippen LogP contribution is 2.64. The summed E-state index contributed by atoms with van der Waals surface area (Å²) in [5, 5.41) is 2.70. The Morgan fingerprint density at radius 3 is 2.41 bits per heavy atom. The molecule has 3 N–H and O–H groups in total. The van der Waals surface area contributed by atoms with Crippen LogP contribution in [0.5, 0.6) is 5.75 Å². The summed E-state index contributed by atoms with van der Waals surface area (Å²) in [4.78, 5) is 24.4. The van der Waals surface area contributed by atoms with Gasteiger partial charge >= 0.3 is 6.09 Å². The van der Waals surface area contributed by atoms with E-state index < -0.39 is 23.2 Å². The third-order valence-electron chi connectivity index (χ3n) is 8.86. The van der Waals surface area contributed by atoms with Crippen LogP contribution in [0.3, 0.4) is 0 Å². The standard InChI is InChI=1S/C27H38N2O5/c1-25(2,28)16-29-24(30)31-23-7-5-19(6-8-23)20-4-3-9-26(15-20)32-27(34-33-26)21-11-17-10-18(13-21)14-22(27)12-17/h5-8,17-18,20-22H,3-4,9-16,28H2,1-2H3,(H,29,30)/t17?,18?,20-,21?,22?,26-,27?/m1/s1. The summed E-state index contributed by atoms with van der Waals surface area (Å²) in [7, 11) is 0. The topological polar surface area (TPSA) is 92.0 Å². The quantitative estimate of drug-likeness (QED) is 0.602. The number of nitrogens with one attached hydrogen (secondary N) is 1. The lowest BCUT2D eigenvalue weighted by Crippen LogP contribution is -2.59. The Hall–Kier alpha value is -1.67. The van der Waals surface area contributed by atoms with Gasteiger partial charge in [0.05, 0.1) is 0 Å². The van der Waals surface area contributed by atoms with Crippen LogP contribution in [0.25, 0.3) is 0 Å². The molecule has 7 heteroatoms. The number of carbonyl (C=O) groups is 1. The lowest BCUT2D eigenvalue weighted by atomic mass is 9.53. The maximum Gasteiger partial charge on any atom is 0.412 e. The Bertz CT molecular complexity index is 898. The molecule has 34 heavy (non-hydrogen) atoms. The van der Waals surface area contributed by atoms with E-state index in [2.05, 4.69) is 5.32 Å². The molecule has 2 spiro atoms. The summed E-state index contributed by atoms with van der Waals surface area (Å²) >= 11 is 0. The molecule has 1 saturated heterocycles. The molecule has 0 unspecified atom stereocenters. The van der Waals surface area contributed by atoms with E-state index in [1.165, 1.54) is 37.7 Å². The maximum atomic E-state index is 12.0. The number of benzene rings is 1. The minimum absolute atomic E-state index is 0.324. The highest BCUT2D eigenvalue weighted by Gasteiger charge is 2.67. The van der Waals surface area contributed by atoms with Crippen molar-refractivity contribution in [1.29, 1.82) is 0 Å². The Morgan fingerprint density at radius 1 is 1.09 bits per heavy atom. The van der Waals surface area contributed by atoms with Crippen molar-refractivity contribution >= 4 is 6.09 Å². The maximum absolute atomic E-state index is 12.0. The van der Waals surface area contributed by atoms with Crippen LogP contribution in [0.1, 0.15) is 83.1 Å². The van der Waals surface area contributed by atoms with Gasteiger partial charge in [-0.15, -0.1) is 0 Å². The van der Waals surface area contributed by atoms with Gasteiger partial charge in [0.1, 0.15) is 5.75 Å². The van der Waals surface area contributed by atoms with Gasteiger partial charge in [0.2, 0.25) is 11.6 Å². The molecule has 5 aliphatic carbocycles. The van der Waals surface area contributed by atoms with E-state index in [1.54, 1.807) is 0 Å². The third kappa shape index (κ3) is 4.15. The van der Waals surface area contributed by atoms with Gasteiger partial charge in [-0.05, 0) is 94.2 Å². The van der Waals surface area contributed by atoms with Crippen LogP contribution in [0.15, 0.2) is 24.3 Å². The van der Waals surface area contributed by atoms with E-state index >= 15 is 0 Å². The van der Waals surface area contributed by atoms with Crippen LogP contribution in [-0.4, -0.2) is 29.8 Å². The number of carbonyl (C=O) groups excluding carboxylic acids is 1. The van der Waals surface area contributed by atoms with Gasteiger partial charge in [-0.1, -0.05) is 12.1 Å². The monoisotopic (exact) mass is 470 g/mol. The lowest BCUT2D eigenvalue weighted by molar-refractivity contribution is -0.390. The molecule has 6 fully saturated rings. The molecule has 1 aromatic carbocycles. The fourth-order valence-electron chi connectivity index (χ4n) is 7.51. The smallest absolute Gasteiger partial charge is 0.410 e. The van der Waals surface area contributed by atoms with Gasteiger partial charge in [-0.25, -0.2) is 4.79 Å². The van der Waals surface area contributed by atoms with E-state index in [1.807, 2.05) is 38.1 Å². The van der Waals surface area contributed by atoms with E-state index in [0.717, 1.165) is 37.5 Å². The first-order chi connectivity index (χ1) is 16.2. The fourth-order valence-corrected chi connectivity index (χ4v) is 7.51. The predicted octanol–water partition coefficient (Wildman–Crippen LogP) is 5.00. The Morgan fingerprint density at radius 2 is 1.76 bits per heavy atom. The minimum Gasteiger partial charge on any atom is -0.410 e. The van der Waals surface area contributed by atoms with E-state index in [0.29, 0.717) is 30.0 Å². The molecule has 7 nitrogen and oxygen atoms in total. The average Bonchev–Trinajstić information content (AvgIpc) is 3.15. The molecule has 1 amide bonds. The molecule has 4 bridgehead atoms. The van der Waals surface area contributed by atoms with Crippen LogP contribution < -0.4 is 15.8 Å². The second-order valence-electron chi connectivity index (χ2n) is 12.3. The molecule has 0 radical (unpaired) electrons. The number of amides is 1. The van der Waals surface area contributed by atoms with Gasteiger partial charge < -0.3 is 20.5 Å². The zero-order valence-corrected chi connectivity index (χ0v) is 20.4. The molecular weight excluding hydrogens is 432 g/mol. The number of hydrogen-bond donors (Lipinski definition) is 2. The molecule has 1 aromatic rings. The van der Waals surface area contributed by atoms with Crippen molar-refractivity contribution in [2.75, 3.05) is 6.54 Å². The Balaban J connectivity index is 1.10. The average molecular weight is 471 g/mol. The van der Waals surface area contributed by atoms with Crippen LogP contribution in [-0.2, 0) is 14.5 Å². The molecule has 2 atom stereocenters. The van der Waals surface area contributed by atoms with Gasteiger partial charge in [-0.3, -0.25) is 0 Å². The van der Waals surface area contributed by atoms with Crippen molar-refractivity contribution in [3.05, 3.63) is 29.8 Å². The zero-order chi connectivity index (χ0) is 23.6. The second kappa shape index (κ2) is 8.19. The summed E-state index contributed by atoms with van der Waals surface area (Å²) < 4.78 is 12.3. The highest BCUT2D eigenvalue weighted by atomic mass is 17.3. The van der Waals surface area contributed by atoms with Crippen LogP contribution in [0, 0.1) is 23.7 Å². The predicted molar refractivity (Wildman–Crippen MR) is 126 cm³/mol. The van der Waals surface area contributed by atoms with Crippen molar-refractivity contribution in [1.82, 2.24) is 5.32 Å². The molecular formula is C27H38N2O5. The zero-order valence-electron chi connectivity index (χ0n) is 20.4.